The molecule has 2 atom stereocenters. The number of hydrogen-bond acceptors (Lipinski definition) is 4. The topological polar surface area (TPSA) is 38.8 Å². The van der Waals surface area contributed by atoms with Gasteiger partial charge in [-0.15, -0.1) is 12.4 Å². The van der Waals surface area contributed by atoms with E-state index < -0.39 is 0 Å². The number of ketones is 1. The molecular weight excluding hydrogens is 473 g/mol. The number of piperidine rings is 1. The Morgan fingerprint density at radius 3 is 2.80 bits per heavy atom. The van der Waals surface area contributed by atoms with Gasteiger partial charge >= 0.3 is 0 Å². The fraction of sp³-hybridized carbons (Fsp3) is 0.435. The number of benzene rings is 2. The smallest absolute Gasteiger partial charge is 0.162 e. The maximum absolute atomic E-state index is 13.0. The number of ether oxygens (including phenoxy) is 2. The molecule has 7 heteroatoms. The number of halogens is 3. The fourth-order valence-corrected chi connectivity index (χ4v) is 4.96. The zero-order valence-electron chi connectivity index (χ0n) is 16.9. The highest BCUT2D eigenvalue weighted by Crippen LogP contribution is 2.46. The summed E-state index contributed by atoms with van der Waals surface area (Å²) >= 11 is 3.61. The third-order valence-corrected chi connectivity index (χ3v) is 6.60. The lowest BCUT2D eigenvalue weighted by atomic mass is 9.79. The van der Waals surface area contributed by atoms with Crippen LogP contribution < -0.4 is 9.47 Å². The Kier molecular flexibility index (Phi) is 7.77. The molecule has 162 valence electrons. The van der Waals surface area contributed by atoms with Crippen molar-refractivity contribution in [2.75, 3.05) is 33.4 Å². The van der Waals surface area contributed by atoms with Gasteiger partial charge in [-0.2, -0.15) is 0 Å². The molecule has 2 aromatic rings. The number of fused-ring (bicyclic) bond motifs is 3. The van der Waals surface area contributed by atoms with E-state index in [4.69, 9.17) is 9.47 Å². The van der Waals surface area contributed by atoms with Crippen molar-refractivity contribution in [3.05, 3.63) is 57.8 Å². The molecule has 1 fully saturated rings. The Morgan fingerprint density at radius 1 is 1.30 bits per heavy atom. The first-order chi connectivity index (χ1) is 14.0. The summed E-state index contributed by atoms with van der Waals surface area (Å²) in [4.78, 5) is 14.8. The molecule has 4 rings (SSSR count). The Labute approximate surface area is 191 Å². The summed E-state index contributed by atoms with van der Waals surface area (Å²) in [5.74, 6) is 2.45. The van der Waals surface area contributed by atoms with Gasteiger partial charge < -0.3 is 14.4 Å². The largest absolute Gasteiger partial charge is 0.497 e. The predicted molar refractivity (Wildman–Crippen MR) is 121 cm³/mol. The highest BCUT2D eigenvalue weighted by atomic mass is 79.9. The predicted octanol–water partition coefficient (Wildman–Crippen LogP) is 5.48. The van der Waals surface area contributed by atoms with E-state index in [2.05, 4.69) is 26.9 Å². The van der Waals surface area contributed by atoms with Crippen LogP contribution in [0.3, 0.4) is 0 Å². The summed E-state index contributed by atoms with van der Waals surface area (Å²) in [7, 11) is 1.68. The van der Waals surface area contributed by atoms with Crippen molar-refractivity contribution < 1.29 is 18.7 Å². The average Bonchev–Trinajstić information content (AvgIpc) is 2.73. The van der Waals surface area contributed by atoms with Gasteiger partial charge in [0.1, 0.15) is 17.3 Å². The quantitative estimate of drug-likeness (QED) is 0.495. The van der Waals surface area contributed by atoms with Crippen molar-refractivity contribution in [3.8, 4) is 11.5 Å². The van der Waals surface area contributed by atoms with Gasteiger partial charge in [0.05, 0.1) is 18.2 Å². The van der Waals surface area contributed by atoms with Crippen LogP contribution in [0.4, 0.5) is 4.39 Å². The molecule has 0 unspecified atom stereocenters. The average molecular weight is 499 g/mol. The zero-order chi connectivity index (χ0) is 20.4. The van der Waals surface area contributed by atoms with Gasteiger partial charge in [0, 0.05) is 35.9 Å². The first-order valence-electron chi connectivity index (χ1n) is 10.1. The number of hydrogen-bond donors (Lipinski definition) is 0. The van der Waals surface area contributed by atoms with Gasteiger partial charge in [0.15, 0.2) is 5.78 Å². The van der Waals surface area contributed by atoms with Gasteiger partial charge in [-0.1, -0.05) is 0 Å². The molecule has 1 saturated heterocycles. The lowest BCUT2D eigenvalue weighted by Crippen LogP contribution is -2.43. The minimum absolute atomic E-state index is 0. The van der Waals surface area contributed by atoms with Crippen LogP contribution in [-0.2, 0) is 0 Å². The van der Waals surface area contributed by atoms with E-state index in [1.165, 1.54) is 17.7 Å². The SMILES string of the molecule is COc1cc(Br)c2c(c1)[C@H]1CN(CCCC(=O)c3ccc(F)cc3)CC[C@H]1CO2.Cl. The summed E-state index contributed by atoms with van der Waals surface area (Å²) in [6, 6.07) is 9.85. The highest BCUT2D eigenvalue weighted by Gasteiger charge is 2.36. The van der Waals surface area contributed by atoms with Gasteiger partial charge in [-0.25, -0.2) is 4.39 Å². The molecule has 2 aromatic carbocycles. The minimum atomic E-state index is -0.315. The van der Waals surface area contributed by atoms with Crippen LogP contribution in [0.15, 0.2) is 40.9 Å². The van der Waals surface area contributed by atoms with Crippen LogP contribution in [-0.4, -0.2) is 44.0 Å². The molecule has 0 saturated carbocycles. The molecular formula is C23H26BrClFNO3. The maximum Gasteiger partial charge on any atom is 0.162 e. The number of methoxy groups -OCH3 is 1. The lowest BCUT2D eigenvalue weighted by molar-refractivity contribution is 0.0913. The van der Waals surface area contributed by atoms with E-state index in [1.54, 1.807) is 19.2 Å². The molecule has 0 radical (unpaired) electrons. The Balaban J connectivity index is 0.00000256. The van der Waals surface area contributed by atoms with Crippen LogP contribution in [0.2, 0.25) is 0 Å². The van der Waals surface area contributed by atoms with Gasteiger partial charge in [0.2, 0.25) is 0 Å². The monoisotopic (exact) mass is 497 g/mol. The molecule has 0 bridgehead atoms. The van der Waals surface area contributed by atoms with E-state index in [9.17, 15) is 9.18 Å². The van der Waals surface area contributed by atoms with Crippen LogP contribution >= 0.6 is 28.3 Å². The summed E-state index contributed by atoms with van der Waals surface area (Å²) in [5.41, 5.74) is 1.79. The number of carbonyl (C=O) groups excluding carboxylic acids is 1. The minimum Gasteiger partial charge on any atom is -0.497 e. The summed E-state index contributed by atoms with van der Waals surface area (Å²) in [5, 5.41) is 0. The third-order valence-electron chi connectivity index (χ3n) is 6.01. The van der Waals surface area contributed by atoms with Gasteiger partial charge in [-0.05, 0) is 78.3 Å². The molecule has 30 heavy (non-hydrogen) atoms. The first kappa shape index (κ1) is 23.0. The summed E-state index contributed by atoms with van der Waals surface area (Å²) < 4.78 is 25.4. The Hall–Kier alpha value is -1.63. The molecule has 0 amide bonds. The van der Waals surface area contributed by atoms with E-state index in [1.807, 2.05) is 6.07 Å². The summed E-state index contributed by atoms with van der Waals surface area (Å²) in [6.07, 6.45) is 2.37. The Bertz CT molecular complexity index is 893. The second kappa shape index (κ2) is 10.1. The van der Waals surface area contributed by atoms with E-state index in [-0.39, 0.29) is 24.0 Å². The van der Waals surface area contributed by atoms with Gasteiger partial charge in [-0.3, -0.25) is 4.79 Å². The third kappa shape index (κ3) is 4.98. The maximum atomic E-state index is 13.0. The van der Waals surface area contributed by atoms with Crippen molar-refractivity contribution in [1.29, 1.82) is 0 Å². The zero-order valence-corrected chi connectivity index (χ0v) is 19.3. The van der Waals surface area contributed by atoms with Crippen molar-refractivity contribution in [1.82, 2.24) is 4.90 Å². The second-order valence-electron chi connectivity index (χ2n) is 7.83. The number of carbonyl (C=O) groups is 1. The number of likely N-dealkylation sites (tertiary alicyclic amines) is 1. The molecule has 0 spiro atoms. The second-order valence-corrected chi connectivity index (χ2v) is 8.68. The first-order valence-corrected chi connectivity index (χ1v) is 10.9. The van der Waals surface area contributed by atoms with E-state index >= 15 is 0 Å². The normalized spacial score (nSPS) is 20.4. The lowest BCUT2D eigenvalue weighted by Gasteiger charge is -2.42. The molecule has 0 N–H and O–H groups in total. The molecule has 2 heterocycles. The number of Topliss-reactive ketones (excluding diaryl/α,β-unsaturated/α-hetero) is 1. The van der Waals surface area contributed by atoms with Crippen LogP contribution in [0.1, 0.15) is 41.1 Å². The van der Waals surface area contributed by atoms with Crippen molar-refractivity contribution in [3.63, 3.8) is 0 Å². The van der Waals surface area contributed by atoms with E-state index in [0.29, 0.717) is 23.8 Å². The van der Waals surface area contributed by atoms with Crippen molar-refractivity contribution in [2.45, 2.75) is 25.2 Å². The molecule has 4 nitrogen and oxygen atoms in total. The highest BCUT2D eigenvalue weighted by molar-refractivity contribution is 9.10. The Morgan fingerprint density at radius 2 is 2.07 bits per heavy atom. The van der Waals surface area contributed by atoms with Crippen LogP contribution in [0, 0.1) is 11.7 Å². The fourth-order valence-electron chi connectivity index (χ4n) is 4.39. The molecule has 0 aromatic heterocycles. The van der Waals surface area contributed by atoms with Crippen LogP contribution in [0.5, 0.6) is 11.5 Å². The van der Waals surface area contributed by atoms with Gasteiger partial charge in [0.25, 0.3) is 0 Å². The molecule has 2 aliphatic rings. The van der Waals surface area contributed by atoms with Crippen molar-refractivity contribution in [2.24, 2.45) is 5.92 Å². The van der Waals surface area contributed by atoms with Crippen molar-refractivity contribution >= 4 is 34.1 Å². The standard InChI is InChI=1S/C23H25BrFNO3.ClH/c1-28-18-11-19-20-13-26(10-8-16(20)14-29-23(19)21(24)12-18)9-2-3-22(27)15-4-6-17(25)7-5-15;/h4-7,11-12,16,20H,2-3,8-10,13-14H2,1H3;1H/t16-,20-;/m0./s1. The molecule has 2 aliphatic heterocycles. The van der Waals surface area contributed by atoms with Crippen LogP contribution in [0.25, 0.3) is 0 Å². The van der Waals surface area contributed by atoms with E-state index in [0.717, 1.165) is 55.1 Å². The molecule has 0 aliphatic carbocycles. The number of rotatable bonds is 6. The number of nitrogens with zero attached hydrogens (tertiary/aromatic N) is 1. The summed E-state index contributed by atoms with van der Waals surface area (Å²) in [6.45, 7) is 3.62.